The number of carbonyl (C=O) groups is 8. The second kappa shape index (κ2) is 21.2. The van der Waals surface area contributed by atoms with E-state index in [9.17, 15) is 38.4 Å². The van der Waals surface area contributed by atoms with Crippen LogP contribution in [0.1, 0.15) is 153 Å². The summed E-state index contributed by atoms with van der Waals surface area (Å²) >= 11 is 0. The molecule has 54 heavy (non-hydrogen) atoms. The molecule has 2 atom stereocenters. The number of nitrogens with zero attached hydrogens (tertiary/aromatic N) is 1. The molecule has 15 heteroatoms. The summed E-state index contributed by atoms with van der Waals surface area (Å²) in [6.07, 6.45) is 11.0. The lowest BCUT2D eigenvalue weighted by atomic mass is 9.95. The number of carbonyl (C=O) groups excluding carboxylic acids is 7. The molecule has 1 aliphatic rings. The van der Waals surface area contributed by atoms with Crippen molar-refractivity contribution in [2.75, 3.05) is 13.1 Å². The van der Waals surface area contributed by atoms with E-state index in [4.69, 9.17) is 5.11 Å². The molecule has 1 heterocycles. The quantitative estimate of drug-likeness (QED) is 0.0627. The molecule has 0 unspecified atom stereocenters. The van der Waals surface area contributed by atoms with Gasteiger partial charge >= 0.3 is 5.97 Å². The van der Waals surface area contributed by atoms with Crippen molar-refractivity contribution in [2.24, 2.45) is 5.92 Å². The summed E-state index contributed by atoms with van der Waals surface area (Å²) in [6.45, 7) is 15.5. The fourth-order valence-corrected chi connectivity index (χ4v) is 5.96. The highest BCUT2D eigenvalue weighted by molar-refractivity contribution is 6.03. The molecule has 0 spiro atoms. The van der Waals surface area contributed by atoms with Crippen LogP contribution in [0.5, 0.6) is 0 Å². The Morgan fingerprint density at radius 2 is 1.06 bits per heavy atom. The van der Waals surface area contributed by atoms with E-state index in [1.54, 1.807) is 6.92 Å². The molecule has 1 aliphatic heterocycles. The van der Waals surface area contributed by atoms with Gasteiger partial charge < -0.3 is 36.6 Å². The topological polar surface area (TPSA) is 220 Å². The Labute approximate surface area is 321 Å². The third-order valence-corrected chi connectivity index (χ3v) is 9.83. The normalized spacial score (nSPS) is 15.5. The zero-order valence-corrected chi connectivity index (χ0v) is 34.4. The van der Waals surface area contributed by atoms with Crippen molar-refractivity contribution in [3.8, 4) is 0 Å². The standard InChI is InChI=1S/C39H68N6O9/c1-11-12-13-14-15-16-17-18-19-22-28(46)26(2)31(50)45-25-20-21-27(45)30(49)41-37(5,6)33(52)43-39(9,10)35(54)44-38(7,8)34(53)42-36(3,4)32(51)40-24-23-29(47)48/h26-27H,11-25H2,1-10H3,(H,40,51)(H,41,49)(H,42,53)(H,43,52)(H,44,54)(H,47,48)/t26-,27+/m1/s1. The predicted molar refractivity (Wildman–Crippen MR) is 205 cm³/mol. The minimum absolute atomic E-state index is 0.130. The van der Waals surface area contributed by atoms with E-state index < -0.39 is 75.5 Å². The van der Waals surface area contributed by atoms with Crippen molar-refractivity contribution in [3.63, 3.8) is 0 Å². The van der Waals surface area contributed by atoms with Crippen molar-refractivity contribution in [1.29, 1.82) is 0 Å². The van der Waals surface area contributed by atoms with Gasteiger partial charge in [0.1, 0.15) is 34.0 Å². The predicted octanol–water partition coefficient (Wildman–Crippen LogP) is 3.27. The monoisotopic (exact) mass is 765 g/mol. The zero-order valence-electron chi connectivity index (χ0n) is 34.4. The van der Waals surface area contributed by atoms with Crippen LogP contribution < -0.4 is 26.6 Å². The lowest BCUT2D eigenvalue weighted by Gasteiger charge is -2.36. The van der Waals surface area contributed by atoms with Crippen molar-refractivity contribution in [3.05, 3.63) is 0 Å². The Hall–Kier alpha value is -4.04. The summed E-state index contributed by atoms with van der Waals surface area (Å²) in [6, 6.07) is -0.855. The van der Waals surface area contributed by atoms with Crippen LogP contribution in [0.25, 0.3) is 0 Å². The molecule has 0 aromatic rings. The molecule has 0 aliphatic carbocycles. The highest BCUT2D eigenvalue weighted by Crippen LogP contribution is 2.23. The van der Waals surface area contributed by atoms with E-state index in [0.29, 0.717) is 25.8 Å². The molecule has 308 valence electrons. The number of carboxylic acids is 1. The number of rotatable bonds is 24. The number of aliphatic carboxylic acids is 1. The summed E-state index contributed by atoms with van der Waals surface area (Å²) < 4.78 is 0. The molecule has 1 rings (SSSR count). The van der Waals surface area contributed by atoms with Crippen molar-refractivity contribution < 1.29 is 43.5 Å². The van der Waals surface area contributed by atoms with E-state index in [-0.39, 0.29) is 18.7 Å². The van der Waals surface area contributed by atoms with Crippen LogP contribution in [0.15, 0.2) is 0 Å². The first-order valence-electron chi connectivity index (χ1n) is 19.5. The van der Waals surface area contributed by atoms with Gasteiger partial charge in [0.05, 0.1) is 12.3 Å². The summed E-state index contributed by atoms with van der Waals surface area (Å²) in [7, 11) is 0. The van der Waals surface area contributed by atoms with E-state index >= 15 is 0 Å². The van der Waals surface area contributed by atoms with Crippen LogP contribution in [0.2, 0.25) is 0 Å². The maximum absolute atomic E-state index is 13.5. The SMILES string of the molecule is CCCCCCCCCCCC(=O)[C@@H](C)C(=O)N1CCC[C@H]1C(=O)NC(C)(C)C(=O)NC(C)(C)C(=O)NC(C)(C)C(=O)NC(C)(C)C(=O)NCCC(=O)O. The number of likely N-dealkylation sites (tertiary alicyclic amines) is 1. The van der Waals surface area contributed by atoms with Gasteiger partial charge in [-0.05, 0) is 81.6 Å². The highest BCUT2D eigenvalue weighted by atomic mass is 16.4. The third kappa shape index (κ3) is 15.4. The van der Waals surface area contributed by atoms with Crippen molar-refractivity contribution >= 4 is 47.2 Å². The molecular formula is C39H68N6O9. The number of unbranched alkanes of at least 4 members (excludes halogenated alkanes) is 8. The van der Waals surface area contributed by atoms with Gasteiger partial charge in [-0.25, -0.2) is 0 Å². The first-order valence-corrected chi connectivity index (χ1v) is 19.5. The van der Waals surface area contributed by atoms with Crippen molar-refractivity contribution in [1.82, 2.24) is 31.5 Å². The van der Waals surface area contributed by atoms with Gasteiger partial charge in [-0.1, -0.05) is 58.3 Å². The third-order valence-electron chi connectivity index (χ3n) is 9.83. The molecule has 1 saturated heterocycles. The summed E-state index contributed by atoms with van der Waals surface area (Å²) in [5.41, 5.74) is -6.08. The van der Waals surface area contributed by atoms with E-state index in [1.165, 1.54) is 92.4 Å². The first-order chi connectivity index (χ1) is 24.9. The van der Waals surface area contributed by atoms with Gasteiger partial charge in [0.25, 0.3) is 0 Å². The van der Waals surface area contributed by atoms with Crippen LogP contribution in [0.4, 0.5) is 0 Å². The van der Waals surface area contributed by atoms with Crippen LogP contribution in [-0.4, -0.2) is 98.5 Å². The fourth-order valence-electron chi connectivity index (χ4n) is 5.96. The maximum Gasteiger partial charge on any atom is 0.305 e. The second-order valence-electron chi connectivity index (χ2n) is 16.7. The van der Waals surface area contributed by atoms with E-state index in [1.807, 2.05) is 0 Å². The lowest BCUT2D eigenvalue weighted by Crippen LogP contribution is -2.68. The molecule has 6 N–H and O–H groups in total. The van der Waals surface area contributed by atoms with Crippen LogP contribution >= 0.6 is 0 Å². The number of hydrogen-bond donors (Lipinski definition) is 6. The summed E-state index contributed by atoms with van der Waals surface area (Å²) in [5.74, 6) is -5.80. The number of ketones is 1. The minimum Gasteiger partial charge on any atom is -0.481 e. The average molecular weight is 765 g/mol. The van der Waals surface area contributed by atoms with Gasteiger partial charge in [-0.2, -0.15) is 0 Å². The maximum atomic E-state index is 13.5. The number of amides is 6. The Balaban J connectivity index is 2.76. The van der Waals surface area contributed by atoms with E-state index in [0.717, 1.165) is 25.7 Å². The average Bonchev–Trinajstić information content (AvgIpc) is 3.56. The van der Waals surface area contributed by atoms with Gasteiger partial charge in [-0.3, -0.25) is 38.4 Å². The number of Topliss-reactive ketones (excluding diaryl/α,β-unsaturated/α-hetero) is 1. The molecule has 6 amide bonds. The van der Waals surface area contributed by atoms with Gasteiger partial charge in [-0.15, -0.1) is 0 Å². The Kier molecular flexibility index (Phi) is 18.8. The largest absolute Gasteiger partial charge is 0.481 e. The fraction of sp³-hybridized carbons (Fsp3) is 0.795. The zero-order chi connectivity index (χ0) is 41.5. The van der Waals surface area contributed by atoms with Crippen LogP contribution in [-0.2, 0) is 38.4 Å². The highest BCUT2D eigenvalue weighted by Gasteiger charge is 2.44. The molecular weight excluding hydrogens is 696 g/mol. The molecule has 0 aromatic carbocycles. The molecule has 0 aromatic heterocycles. The Morgan fingerprint density at radius 1 is 0.630 bits per heavy atom. The smallest absolute Gasteiger partial charge is 0.305 e. The lowest BCUT2D eigenvalue weighted by molar-refractivity contribution is -0.146. The molecule has 0 bridgehead atoms. The summed E-state index contributed by atoms with van der Waals surface area (Å²) in [5, 5.41) is 21.7. The van der Waals surface area contributed by atoms with Gasteiger partial charge in [0.15, 0.2) is 0 Å². The molecule has 15 nitrogen and oxygen atoms in total. The van der Waals surface area contributed by atoms with Crippen LogP contribution in [0.3, 0.4) is 0 Å². The number of hydrogen-bond acceptors (Lipinski definition) is 8. The number of nitrogens with one attached hydrogen (secondary N) is 5. The molecule has 1 fully saturated rings. The first kappa shape index (κ1) is 48.0. The van der Waals surface area contributed by atoms with Gasteiger partial charge in [0.2, 0.25) is 35.4 Å². The second-order valence-corrected chi connectivity index (χ2v) is 16.7. The Bertz CT molecular complexity index is 1360. The van der Waals surface area contributed by atoms with Gasteiger partial charge in [0, 0.05) is 19.5 Å². The minimum atomic E-state index is -1.57. The van der Waals surface area contributed by atoms with Crippen LogP contribution in [0, 0.1) is 5.92 Å². The van der Waals surface area contributed by atoms with E-state index in [2.05, 4.69) is 33.5 Å². The molecule has 0 saturated carbocycles. The summed E-state index contributed by atoms with van der Waals surface area (Å²) in [4.78, 5) is 105. The molecule has 0 radical (unpaired) electrons. The number of carboxylic acid groups (broad SMARTS) is 1. The van der Waals surface area contributed by atoms with Crippen molar-refractivity contribution in [2.45, 2.75) is 181 Å². The Morgan fingerprint density at radius 3 is 1.52 bits per heavy atom.